The Hall–Kier alpha value is -1.74. The summed E-state index contributed by atoms with van der Waals surface area (Å²) in [6, 6.07) is 14.8. The molecule has 0 aliphatic carbocycles. The molecule has 0 aliphatic heterocycles. The van der Waals surface area contributed by atoms with Crippen molar-refractivity contribution in [3.05, 3.63) is 64.3 Å². The van der Waals surface area contributed by atoms with Crippen molar-refractivity contribution in [2.45, 2.75) is 12.8 Å². The minimum Gasteiger partial charge on any atom is -0.496 e. The summed E-state index contributed by atoms with van der Waals surface area (Å²) in [4.78, 5) is 12.2. The molecule has 104 valence electrons. The predicted octanol–water partition coefficient (Wildman–Crippen LogP) is 3.76. The minimum absolute atomic E-state index is 0.0102. The molecule has 3 heteroatoms. The van der Waals surface area contributed by atoms with E-state index in [0.717, 1.165) is 22.6 Å². The van der Waals surface area contributed by atoms with E-state index in [1.807, 2.05) is 36.4 Å². The van der Waals surface area contributed by atoms with Gasteiger partial charge in [-0.3, -0.25) is 4.79 Å². The van der Waals surface area contributed by atoms with Gasteiger partial charge >= 0.3 is 0 Å². The third-order valence-corrected chi connectivity index (χ3v) is 3.89. The van der Waals surface area contributed by atoms with Crippen LogP contribution in [0.3, 0.4) is 0 Å². The highest BCUT2D eigenvalue weighted by atomic mass is 32.1. The first-order valence-electron chi connectivity index (χ1n) is 6.56. The zero-order valence-corrected chi connectivity index (χ0v) is 12.6. The van der Waals surface area contributed by atoms with Gasteiger partial charge in [-0.25, -0.2) is 0 Å². The van der Waals surface area contributed by atoms with Gasteiger partial charge in [-0.15, -0.1) is 0 Å². The Balaban J connectivity index is 2.69. The van der Waals surface area contributed by atoms with E-state index in [0.29, 0.717) is 5.56 Å². The van der Waals surface area contributed by atoms with Crippen molar-refractivity contribution >= 4 is 12.6 Å². The molecule has 0 aromatic heterocycles. The van der Waals surface area contributed by atoms with E-state index < -0.39 is 0 Å². The number of thiol groups is 1. The molecule has 1 unspecified atom stereocenters. The molecule has 20 heavy (non-hydrogen) atoms. The van der Waals surface area contributed by atoms with Crippen LogP contribution in [0.2, 0.25) is 0 Å². The third kappa shape index (κ3) is 2.88. The van der Waals surface area contributed by atoms with E-state index in [1.54, 1.807) is 19.2 Å². The number of para-hydroxylation sites is 1. The van der Waals surface area contributed by atoms with Crippen LogP contribution in [0, 0.1) is 0 Å². The summed E-state index contributed by atoms with van der Waals surface area (Å²) in [6.45, 7) is 2.09. The molecule has 2 aromatic carbocycles. The fraction of sp³-hybridized carbons (Fsp3) is 0.235. The maximum absolute atomic E-state index is 12.2. The van der Waals surface area contributed by atoms with Gasteiger partial charge in [-0.1, -0.05) is 49.4 Å². The van der Waals surface area contributed by atoms with Gasteiger partial charge in [0.25, 0.3) is 0 Å². The van der Waals surface area contributed by atoms with Gasteiger partial charge in [0.1, 0.15) is 5.75 Å². The van der Waals surface area contributed by atoms with E-state index in [4.69, 9.17) is 4.74 Å². The summed E-state index contributed by atoms with van der Waals surface area (Å²) in [5.41, 5.74) is 2.55. The van der Waals surface area contributed by atoms with Crippen molar-refractivity contribution in [2.24, 2.45) is 0 Å². The van der Waals surface area contributed by atoms with E-state index in [9.17, 15) is 4.79 Å². The smallest absolute Gasteiger partial charge is 0.186 e. The van der Waals surface area contributed by atoms with Gasteiger partial charge in [0.15, 0.2) is 5.43 Å². The number of rotatable bonds is 4. The molecule has 2 nitrogen and oxygen atoms in total. The highest BCUT2D eigenvalue weighted by Gasteiger charge is 2.15. The first-order valence-corrected chi connectivity index (χ1v) is 7.19. The molecule has 0 N–H and O–H groups in total. The molecule has 0 saturated carbocycles. The first kappa shape index (κ1) is 14.7. The molecule has 0 bridgehead atoms. The summed E-state index contributed by atoms with van der Waals surface area (Å²) < 4.78 is 5.57. The van der Waals surface area contributed by atoms with E-state index >= 15 is 0 Å². The van der Waals surface area contributed by atoms with Crippen LogP contribution in [0.1, 0.15) is 18.4 Å². The van der Waals surface area contributed by atoms with Gasteiger partial charge in [0.05, 0.1) is 7.11 Å². The second-order valence-corrected chi connectivity index (χ2v) is 5.07. The number of hydrogen-bond donors (Lipinski definition) is 1. The van der Waals surface area contributed by atoms with Gasteiger partial charge in [-0.05, 0) is 23.3 Å². The highest BCUT2D eigenvalue weighted by Crippen LogP contribution is 2.35. The number of methoxy groups -OCH3 is 1. The lowest BCUT2D eigenvalue weighted by atomic mass is 9.96. The Morgan fingerprint density at radius 3 is 2.45 bits per heavy atom. The Morgan fingerprint density at radius 1 is 1.05 bits per heavy atom. The molecular formula is C17H18O2S. The van der Waals surface area contributed by atoms with Crippen molar-refractivity contribution in [1.29, 1.82) is 0 Å². The average Bonchev–Trinajstić information content (AvgIpc) is 2.70. The Labute approximate surface area is 124 Å². The number of ether oxygens (including phenoxy) is 1. The molecule has 0 saturated heterocycles. The SMILES string of the molecule is COc1c(-c2cccccc2=O)cccc1C(C)CS. The van der Waals surface area contributed by atoms with Crippen LogP contribution in [0.15, 0.2) is 53.3 Å². The summed E-state index contributed by atoms with van der Waals surface area (Å²) in [5, 5.41) is 0. The van der Waals surface area contributed by atoms with Gasteiger partial charge in [-0.2, -0.15) is 12.6 Å². The van der Waals surface area contributed by atoms with Crippen LogP contribution in [0.4, 0.5) is 0 Å². The fourth-order valence-electron chi connectivity index (χ4n) is 2.23. The largest absolute Gasteiger partial charge is 0.496 e. The van der Waals surface area contributed by atoms with Crippen LogP contribution >= 0.6 is 12.6 Å². The van der Waals surface area contributed by atoms with Crippen molar-refractivity contribution in [3.8, 4) is 16.9 Å². The van der Waals surface area contributed by atoms with Crippen molar-refractivity contribution < 1.29 is 4.74 Å². The van der Waals surface area contributed by atoms with Gasteiger partial charge in [0, 0.05) is 11.1 Å². The average molecular weight is 286 g/mol. The summed E-state index contributed by atoms with van der Waals surface area (Å²) >= 11 is 4.35. The van der Waals surface area contributed by atoms with E-state index in [2.05, 4.69) is 19.6 Å². The zero-order valence-electron chi connectivity index (χ0n) is 11.7. The molecule has 0 spiro atoms. The molecule has 1 atom stereocenters. The maximum Gasteiger partial charge on any atom is 0.186 e. The molecule has 0 radical (unpaired) electrons. The second-order valence-electron chi connectivity index (χ2n) is 4.70. The quantitative estimate of drug-likeness (QED) is 0.866. The molecule has 0 heterocycles. The van der Waals surface area contributed by atoms with Crippen molar-refractivity contribution in [2.75, 3.05) is 12.9 Å². The minimum atomic E-state index is -0.0102. The molecule has 0 fully saturated rings. The second kappa shape index (κ2) is 6.62. The molecular weight excluding hydrogens is 268 g/mol. The lowest BCUT2D eigenvalue weighted by Crippen LogP contribution is -2.04. The highest BCUT2D eigenvalue weighted by molar-refractivity contribution is 7.80. The normalized spacial score (nSPS) is 11.9. The Bertz CT molecular complexity index is 652. The fourth-order valence-corrected chi connectivity index (χ4v) is 2.43. The zero-order chi connectivity index (χ0) is 14.5. The monoisotopic (exact) mass is 286 g/mol. The molecule has 0 amide bonds. The Morgan fingerprint density at radius 2 is 1.75 bits per heavy atom. The predicted molar refractivity (Wildman–Crippen MR) is 87.0 cm³/mol. The number of benzene rings is 1. The van der Waals surface area contributed by atoms with E-state index in [1.165, 1.54) is 0 Å². The van der Waals surface area contributed by atoms with Crippen LogP contribution in [0.5, 0.6) is 5.75 Å². The van der Waals surface area contributed by atoms with Crippen molar-refractivity contribution in [3.63, 3.8) is 0 Å². The van der Waals surface area contributed by atoms with E-state index in [-0.39, 0.29) is 11.3 Å². The first-order chi connectivity index (χ1) is 9.69. The van der Waals surface area contributed by atoms with Crippen LogP contribution in [-0.4, -0.2) is 12.9 Å². The molecule has 2 rings (SSSR count). The summed E-state index contributed by atoms with van der Waals surface area (Å²) in [7, 11) is 1.64. The lowest BCUT2D eigenvalue weighted by molar-refractivity contribution is 0.409. The lowest BCUT2D eigenvalue weighted by Gasteiger charge is -2.16. The van der Waals surface area contributed by atoms with Crippen molar-refractivity contribution in [1.82, 2.24) is 0 Å². The molecule has 2 aromatic rings. The Kier molecular flexibility index (Phi) is 4.85. The van der Waals surface area contributed by atoms with Crippen LogP contribution < -0.4 is 10.2 Å². The van der Waals surface area contributed by atoms with Gasteiger partial charge < -0.3 is 4.74 Å². The topological polar surface area (TPSA) is 26.3 Å². The van der Waals surface area contributed by atoms with Gasteiger partial charge in [0.2, 0.25) is 0 Å². The summed E-state index contributed by atoms with van der Waals surface area (Å²) in [5.74, 6) is 1.75. The number of hydrogen-bond acceptors (Lipinski definition) is 3. The van der Waals surface area contributed by atoms with Crippen LogP contribution in [0.25, 0.3) is 11.1 Å². The summed E-state index contributed by atoms with van der Waals surface area (Å²) in [6.07, 6.45) is 0. The third-order valence-electron chi connectivity index (χ3n) is 3.34. The standard InChI is InChI=1S/C17H18O2S/c1-12(11-20)13-8-6-9-15(17(13)19-2)14-7-4-3-5-10-16(14)18/h3-10,12,20H,11H2,1-2H3. The maximum atomic E-state index is 12.2. The molecule has 0 aliphatic rings. The van der Waals surface area contributed by atoms with Crippen LogP contribution in [-0.2, 0) is 0 Å².